The molecule has 0 saturated carbocycles. The Hall–Kier alpha value is -1.66. The second-order valence-corrected chi connectivity index (χ2v) is 17.6. The number of rotatable bonds is 46. The zero-order valence-electron chi connectivity index (χ0n) is 38.9. The van der Waals surface area contributed by atoms with Crippen molar-refractivity contribution in [3.63, 3.8) is 0 Å². The van der Waals surface area contributed by atoms with Crippen molar-refractivity contribution in [2.75, 3.05) is 6.61 Å². The summed E-state index contributed by atoms with van der Waals surface area (Å²) >= 11 is 0. The van der Waals surface area contributed by atoms with Crippen molar-refractivity contribution >= 4 is 11.9 Å². The van der Waals surface area contributed by atoms with E-state index in [2.05, 4.69) is 50.4 Å². The number of esters is 1. The molecule has 6 heteroatoms. The van der Waals surface area contributed by atoms with Crippen LogP contribution in [0.25, 0.3) is 0 Å². The summed E-state index contributed by atoms with van der Waals surface area (Å²) in [6.07, 6.45) is 52.4. The third kappa shape index (κ3) is 41.1. The molecule has 0 aromatic carbocycles. The van der Waals surface area contributed by atoms with Crippen molar-refractivity contribution in [2.24, 2.45) is 0 Å². The van der Waals surface area contributed by atoms with Crippen LogP contribution in [0.4, 0.5) is 0 Å². The van der Waals surface area contributed by atoms with E-state index in [0.717, 1.165) is 77.0 Å². The van der Waals surface area contributed by atoms with Crippen LogP contribution < -0.4 is 5.32 Å². The highest BCUT2D eigenvalue weighted by molar-refractivity contribution is 5.77. The summed E-state index contributed by atoms with van der Waals surface area (Å²) in [5.41, 5.74) is 0. The molecular weight excluding hydrogens is 719 g/mol. The maximum atomic E-state index is 13.1. The van der Waals surface area contributed by atoms with Crippen LogP contribution in [0.1, 0.15) is 271 Å². The minimum atomic E-state index is -0.788. The highest BCUT2D eigenvalue weighted by Gasteiger charge is 2.24. The fraction of sp³-hybridized carbons (Fsp3) is 0.885. The van der Waals surface area contributed by atoms with Gasteiger partial charge in [0, 0.05) is 6.42 Å². The SMILES string of the molecule is CCCCC/C=C\CCCCCC(CC(=O)NC(CO)C(O)CCCCCCCCCCCCC)OC(=O)CCCCCCC/C=C/CCCCCCCCCCC. The van der Waals surface area contributed by atoms with Gasteiger partial charge in [0.25, 0.3) is 0 Å². The number of aliphatic hydroxyl groups is 2. The van der Waals surface area contributed by atoms with E-state index in [1.807, 2.05) is 0 Å². The molecule has 0 bridgehead atoms. The highest BCUT2D eigenvalue weighted by Crippen LogP contribution is 2.17. The van der Waals surface area contributed by atoms with Gasteiger partial charge in [0.2, 0.25) is 5.91 Å². The first kappa shape index (κ1) is 56.3. The fourth-order valence-electron chi connectivity index (χ4n) is 7.83. The lowest BCUT2D eigenvalue weighted by Gasteiger charge is -2.24. The van der Waals surface area contributed by atoms with E-state index in [9.17, 15) is 19.8 Å². The Morgan fingerprint density at radius 2 is 0.828 bits per heavy atom. The van der Waals surface area contributed by atoms with Crippen molar-refractivity contribution in [1.82, 2.24) is 5.32 Å². The van der Waals surface area contributed by atoms with Crippen molar-refractivity contribution in [2.45, 2.75) is 289 Å². The minimum absolute atomic E-state index is 0.0668. The van der Waals surface area contributed by atoms with Crippen molar-refractivity contribution in [3.8, 4) is 0 Å². The molecule has 342 valence electrons. The van der Waals surface area contributed by atoms with E-state index in [1.165, 1.54) is 148 Å². The normalized spacial score (nSPS) is 13.4. The molecule has 3 unspecified atom stereocenters. The molecule has 0 fully saturated rings. The Bertz CT molecular complexity index is 919. The molecule has 0 saturated heterocycles. The molecule has 0 aliphatic heterocycles. The highest BCUT2D eigenvalue weighted by atomic mass is 16.5. The number of unbranched alkanes of at least 4 members (excludes halogenated alkanes) is 30. The van der Waals surface area contributed by atoms with Gasteiger partial charge in [-0.15, -0.1) is 0 Å². The van der Waals surface area contributed by atoms with E-state index >= 15 is 0 Å². The summed E-state index contributed by atoms with van der Waals surface area (Å²) in [7, 11) is 0. The molecule has 0 radical (unpaired) electrons. The van der Waals surface area contributed by atoms with Gasteiger partial charge >= 0.3 is 5.97 Å². The number of amides is 1. The van der Waals surface area contributed by atoms with Crippen molar-refractivity contribution < 1.29 is 24.5 Å². The number of carbonyl (C=O) groups excluding carboxylic acids is 2. The molecule has 0 aromatic heterocycles. The summed E-state index contributed by atoms with van der Waals surface area (Å²) in [6, 6.07) is -0.703. The van der Waals surface area contributed by atoms with Crippen LogP contribution >= 0.6 is 0 Å². The van der Waals surface area contributed by atoms with Gasteiger partial charge < -0.3 is 20.3 Å². The van der Waals surface area contributed by atoms with E-state index in [0.29, 0.717) is 19.3 Å². The van der Waals surface area contributed by atoms with Crippen LogP contribution in [0.15, 0.2) is 24.3 Å². The molecule has 3 atom stereocenters. The van der Waals surface area contributed by atoms with Gasteiger partial charge in [0.1, 0.15) is 6.10 Å². The van der Waals surface area contributed by atoms with Crippen LogP contribution in [0.2, 0.25) is 0 Å². The van der Waals surface area contributed by atoms with Crippen LogP contribution in [-0.2, 0) is 14.3 Å². The second kappa shape index (κ2) is 46.4. The standard InChI is InChI=1S/C52H99NO5/c1-4-7-10-13-16-19-22-23-24-25-26-27-28-30-33-36-39-42-45-52(57)58-48(43-40-37-34-31-21-18-15-12-9-6-3)46-51(56)53-49(47-54)50(55)44-41-38-35-32-29-20-17-14-11-8-5-2/h18,21,26-27,48-50,54-55H,4-17,19-20,22-25,28-47H2,1-3H3,(H,53,56)/b21-18-,27-26+. The van der Waals surface area contributed by atoms with Gasteiger partial charge in [-0.05, 0) is 77.0 Å². The molecule has 0 aliphatic carbocycles. The number of carbonyl (C=O) groups is 2. The molecule has 0 heterocycles. The maximum absolute atomic E-state index is 13.1. The zero-order chi connectivity index (χ0) is 42.4. The number of nitrogens with one attached hydrogen (secondary N) is 1. The summed E-state index contributed by atoms with van der Waals surface area (Å²) in [6.45, 7) is 6.45. The lowest BCUT2D eigenvalue weighted by molar-refractivity contribution is -0.151. The number of ether oxygens (including phenoxy) is 1. The second-order valence-electron chi connectivity index (χ2n) is 17.6. The Morgan fingerprint density at radius 1 is 0.483 bits per heavy atom. The number of allylic oxidation sites excluding steroid dienone is 4. The molecule has 0 aromatic rings. The smallest absolute Gasteiger partial charge is 0.306 e. The summed E-state index contributed by atoms with van der Waals surface area (Å²) in [5, 5.41) is 23.7. The van der Waals surface area contributed by atoms with Crippen LogP contribution in [0, 0.1) is 0 Å². The summed E-state index contributed by atoms with van der Waals surface area (Å²) in [5.74, 6) is -0.491. The molecule has 1 amide bonds. The van der Waals surface area contributed by atoms with Gasteiger partial charge in [0.05, 0.1) is 25.2 Å². The first-order valence-corrected chi connectivity index (χ1v) is 25.6. The van der Waals surface area contributed by atoms with Gasteiger partial charge in [-0.3, -0.25) is 9.59 Å². The predicted molar refractivity (Wildman–Crippen MR) is 250 cm³/mol. The Morgan fingerprint density at radius 3 is 1.28 bits per heavy atom. The molecule has 0 spiro atoms. The molecular formula is C52H99NO5. The molecule has 3 N–H and O–H groups in total. The topological polar surface area (TPSA) is 95.9 Å². The molecule has 6 nitrogen and oxygen atoms in total. The predicted octanol–water partition coefficient (Wildman–Crippen LogP) is 15.1. The van der Waals surface area contributed by atoms with E-state index in [-0.39, 0.29) is 24.9 Å². The van der Waals surface area contributed by atoms with E-state index < -0.39 is 18.2 Å². The summed E-state index contributed by atoms with van der Waals surface area (Å²) in [4.78, 5) is 26.1. The van der Waals surface area contributed by atoms with Crippen molar-refractivity contribution in [1.29, 1.82) is 0 Å². The van der Waals surface area contributed by atoms with E-state index in [4.69, 9.17) is 4.74 Å². The molecule has 58 heavy (non-hydrogen) atoms. The fourth-order valence-corrected chi connectivity index (χ4v) is 7.83. The van der Waals surface area contributed by atoms with E-state index in [1.54, 1.807) is 0 Å². The third-order valence-corrected chi connectivity index (χ3v) is 11.8. The minimum Gasteiger partial charge on any atom is -0.462 e. The quantitative estimate of drug-likeness (QED) is 0.0323. The summed E-state index contributed by atoms with van der Waals surface area (Å²) < 4.78 is 5.91. The Balaban J connectivity index is 4.48. The molecule has 0 rings (SSSR count). The first-order chi connectivity index (χ1) is 28.5. The average Bonchev–Trinajstić information content (AvgIpc) is 3.22. The average molecular weight is 818 g/mol. The maximum Gasteiger partial charge on any atom is 0.306 e. The zero-order valence-corrected chi connectivity index (χ0v) is 38.9. The van der Waals surface area contributed by atoms with Gasteiger partial charge in [0.15, 0.2) is 0 Å². The number of aliphatic hydroxyl groups excluding tert-OH is 2. The van der Waals surface area contributed by atoms with Crippen LogP contribution in [0.5, 0.6) is 0 Å². The first-order valence-electron chi connectivity index (χ1n) is 25.6. The van der Waals surface area contributed by atoms with Gasteiger partial charge in [-0.1, -0.05) is 206 Å². The monoisotopic (exact) mass is 818 g/mol. The largest absolute Gasteiger partial charge is 0.462 e. The number of hydrogen-bond donors (Lipinski definition) is 3. The lowest BCUT2D eigenvalue weighted by atomic mass is 10.0. The molecule has 0 aliphatic rings. The van der Waals surface area contributed by atoms with Crippen LogP contribution in [0.3, 0.4) is 0 Å². The Labute approximate surface area is 361 Å². The third-order valence-electron chi connectivity index (χ3n) is 11.8. The number of hydrogen-bond acceptors (Lipinski definition) is 5. The van der Waals surface area contributed by atoms with Crippen LogP contribution in [-0.4, -0.2) is 46.9 Å². The van der Waals surface area contributed by atoms with Gasteiger partial charge in [-0.25, -0.2) is 0 Å². The lowest BCUT2D eigenvalue weighted by Crippen LogP contribution is -2.46. The van der Waals surface area contributed by atoms with Crippen molar-refractivity contribution in [3.05, 3.63) is 24.3 Å². The Kier molecular flexibility index (Phi) is 45.1. The van der Waals surface area contributed by atoms with Gasteiger partial charge in [-0.2, -0.15) is 0 Å².